The monoisotopic (exact) mass is 629 g/mol. The molecule has 0 amide bonds. The van der Waals surface area contributed by atoms with Crippen molar-refractivity contribution in [3.63, 3.8) is 0 Å². The minimum Gasteiger partial charge on any atom is -0.393 e. The van der Waals surface area contributed by atoms with Gasteiger partial charge in [-0.25, -0.2) is 0 Å². The summed E-state index contributed by atoms with van der Waals surface area (Å²) in [7, 11) is 0. The molecule has 2 heteroatoms. The molecule has 0 saturated heterocycles. The van der Waals surface area contributed by atoms with E-state index >= 15 is 0 Å². The third-order valence-corrected chi connectivity index (χ3v) is 15.2. The summed E-state index contributed by atoms with van der Waals surface area (Å²) in [5.41, 5.74) is 0.652. The van der Waals surface area contributed by atoms with Crippen molar-refractivity contribution in [2.45, 2.75) is 190 Å². The molecule has 4 fully saturated rings. The van der Waals surface area contributed by atoms with E-state index in [-0.39, 0.29) is 6.10 Å². The Morgan fingerprint density at radius 1 is 0.733 bits per heavy atom. The number of ether oxygens (including phenoxy) is 1. The van der Waals surface area contributed by atoms with E-state index in [1.54, 1.807) is 0 Å². The summed E-state index contributed by atoms with van der Waals surface area (Å²) < 4.78 is 6.62. The molecule has 4 saturated carbocycles. The zero-order valence-corrected chi connectivity index (χ0v) is 31.9. The highest BCUT2D eigenvalue weighted by atomic mass is 16.5. The average Bonchev–Trinajstić information content (AvgIpc) is 3.76. The van der Waals surface area contributed by atoms with Crippen molar-refractivity contribution in [2.75, 3.05) is 6.61 Å². The molecule has 0 aromatic carbocycles. The van der Waals surface area contributed by atoms with Gasteiger partial charge in [0, 0.05) is 6.61 Å². The Balaban J connectivity index is 1.16. The van der Waals surface area contributed by atoms with Gasteiger partial charge in [0.2, 0.25) is 0 Å². The van der Waals surface area contributed by atoms with E-state index in [9.17, 15) is 5.11 Å². The zero-order chi connectivity index (χ0) is 32.7. The van der Waals surface area contributed by atoms with Crippen LogP contribution in [0.2, 0.25) is 0 Å². The van der Waals surface area contributed by atoms with E-state index in [0.29, 0.717) is 35.2 Å². The summed E-state index contributed by atoms with van der Waals surface area (Å²) in [6.45, 7) is 22.8. The predicted octanol–water partition coefficient (Wildman–Crippen LogP) is 12.4. The molecule has 0 aromatic rings. The molecule has 9 atom stereocenters. The topological polar surface area (TPSA) is 29.5 Å². The molecule has 2 nitrogen and oxygen atoms in total. The Morgan fingerprint density at radius 2 is 1.36 bits per heavy atom. The highest BCUT2D eigenvalue weighted by Gasteiger charge is 2.47. The normalized spacial score (nSPS) is 38.1. The van der Waals surface area contributed by atoms with Crippen molar-refractivity contribution in [1.29, 1.82) is 0 Å². The molecule has 0 aromatic heterocycles. The SMILES string of the molecule is CCCC(CC(C)C(C)CCC1CCC(C(C)C)(C2CCCCC2)CC1)OCCC(C)C(O)C1C(C)CC(C2CC2C)CC1C. The first-order valence-electron chi connectivity index (χ1n) is 20.8. The number of rotatable bonds is 17. The molecule has 0 bridgehead atoms. The van der Waals surface area contributed by atoms with Crippen LogP contribution in [0.5, 0.6) is 0 Å². The van der Waals surface area contributed by atoms with Crippen LogP contribution in [0.15, 0.2) is 0 Å². The predicted molar refractivity (Wildman–Crippen MR) is 194 cm³/mol. The maximum Gasteiger partial charge on any atom is 0.0599 e. The van der Waals surface area contributed by atoms with Gasteiger partial charge in [-0.05, 0) is 153 Å². The van der Waals surface area contributed by atoms with E-state index in [0.717, 1.165) is 60.4 Å². The lowest BCUT2D eigenvalue weighted by Gasteiger charge is -2.50. The summed E-state index contributed by atoms with van der Waals surface area (Å²) in [6, 6.07) is 0. The smallest absolute Gasteiger partial charge is 0.0599 e. The molecule has 4 aliphatic rings. The highest BCUT2D eigenvalue weighted by molar-refractivity contribution is 4.96. The summed E-state index contributed by atoms with van der Waals surface area (Å²) in [5, 5.41) is 11.5. The van der Waals surface area contributed by atoms with Crippen molar-refractivity contribution in [3.05, 3.63) is 0 Å². The van der Waals surface area contributed by atoms with Crippen LogP contribution in [-0.2, 0) is 4.74 Å². The van der Waals surface area contributed by atoms with Gasteiger partial charge < -0.3 is 9.84 Å². The van der Waals surface area contributed by atoms with E-state index < -0.39 is 0 Å². The van der Waals surface area contributed by atoms with Crippen molar-refractivity contribution >= 4 is 0 Å². The average molecular weight is 629 g/mol. The molecule has 1 N–H and O–H groups in total. The molecule has 0 radical (unpaired) electrons. The summed E-state index contributed by atoms with van der Waals surface area (Å²) in [5.74, 6) is 9.20. The fourth-order valence-electron chi connectivity index (χ4n) is 11.6. The molecule has 0 aliphatic heterocycles. The van der Waals surface area contributed by atoms with Gasteiger partial charge in [-0.1, -0.05) is 101 Å². The first-order chi connectivity index (χ1) is 21.5. The van der Waals surface area contributed by atoms with Crippen molar-refractivity contribution in [2.24, 2.45) is 76.4 Å². The highest BCUT2D eigenvalue weighted by Crippen LogP contribution is 2.55. The Bertz CT molecular complexity index is 810. The first-order valence-corrected chi connectivity index (χ1v) is 20.8. The molecular weight excluding hydrogens is 548 g/mol. The third kappa shape index (κ3) is 9.98. The lowest BCUT2D eigenvalue weighted by molar-refractivity contribution is -0.0432. The van der Waals surface area contributed by atoms with Crippen LogP contribution in [-0.4, -0.2) is 23.9 Å². The molecule has 264 valence electrons. The quantitative estimate of drug-likeness (QED) is 0.174. The minimum atomic E-state index is -0.187. The summed E-state index contributed by atoms with van der Waals surface area (Å²) in [4.78, 5) is 0. The molecule has 0 spiro atoms. The van der Waals surface area contributed by atoms with Crippen molar-refractivity contribution in [1.82, 2.24) is 0 Å². The van der Waals surface area contributed by atoms with Crippen LogP contribution >= 0.6 is 0 Å². The summed E-state index contributed by atoms with van der Waals surface area (Å²) in [6.07, 6.45) is 25.2. The van der Waals surface area contributed by atoms with Gasteiger partial charge in [0.1, 0.15) is 0 Å². The second kappa shape index (κ2) is 17.5. The summed E-state index contributed by atoms with van der Waals surface area (Å²) >= 11 is 0. The van der Waals surface area contributed by atoms with E-state index in [1.807, 2.05) is 0 Å². The van der Waals surface area contributed by atoms with Gasteiger partial charge in [-0.15, -0.1) is 0 Å². The van der Waals surface area contributed by atoms with Crippen LogP contribution in [0.25, 0.3) is 0 Å². The van der Waals surface area contributed by atoms with Crippen LogP contribution in [0, 0.1) is 76.4 Å². The van der Waals surface area contributed by atoms with Gasteiger partial charge >= 0.3 is 0 Å². The van der Waals surface area contributed by atoms with E-state index in [4.69, 9.17) is 4.74 Å². The molecule has 45 heavy (non-hydrogen) atoms. The maximum absolute atomic E-state index is 11.5. The Hall–Kier alpha value is -0.0800. The minimum absolute atomic E-state index is 0.187. The second-order valence-corrected chi connectivity index (χ2v) is 18.6. The molecule has 4 rings (SSSR count). The van der Waals surface area contributed by atoms with Gasteiger partial charge in [0.25, 0.3) is 0 Å². The largest absolute Gasteiger partial charge is 0.393 e. The maximum atomic E-state index is 11.5. The standard InChI is InChI=1S/C43H80O2/c1-10-14-39(45-24-21-31(5)42(44)41-34(8)25-37(26-35(41)9)40-28-33(40)7)27-32(6)30(4)17-18-36-19-22-43(23-20-36,29(2)3)38-15-12-11-13-16-38/h29-42,44H,10-28H2,1-9H3. The Kier molecular flexibility index (Phi) is 14.7. The van der Waals surface area contributed by atoms with Gasteiger partial charge in [0.05, 0.1) is 12.2 Å². The Morgan fingerprint density at radius 3 is 1.91 bits per heavy atom. The fourth-order valence-corrected chi connectivity index (χ4v) is 11.6. The van der Waals surface area contributed by atoms with E-state index in [1.165, 1.54) is 109 Å². The zero-order valence-electron chi connectivity index (χ0n) is 31.9. The number of hydrogen-bond acceptors (Lipinski definition) is 2. The third-order valence-electron chi connectivity index (χ3n) is 15.2. The molecule has 0 heterocycles. The molecular formula is C43H80O2. The first kappa shape index (κ1) is 37.7. The number of hydrogen-bond donors (Lipinski definition) is 1. The van der Waals surface area contributed by atoms with Crippen LogP contribution in [0.4, 0.5) is 0 Å². The Labute approximate surface area is 282 Å². The molecule has 9 unspecified atom stereocenters. The molecule has 4 aliphatic carbocycles. The van der Waals surface area contributed by atoms with Gasteiger partial charge in [-0.3, -0.25) is 0 Å². The van der Waals surface area contributed by atoms with Gasteiger partial charge in [-0.2, -0.15) is 0 Å². The fraction of sp³-hybridized carbons (Fsp3) is 1.00. The van der Waals surface area contributed by atoms with Gasteiger partial charge in [0.15, 0.2) is 0 Å². The van der Waals surface area contributed by atoms with E-state index in [2.05, 4.69) is 62.3 Å². The lowest BCUT2D eigenvalue weighted by atomic mass is 9.55. The van der Waals surface area contributed by atoms with Crippen molar-refractivity contribution in [3.8, 4) is 0 Å². The van der Waals surface area contributed by atoms with Crippen LogP contribution in [0.3, 0.4) is 0 Å². The van der Waals surface area contributed by atoms with Crippen LogP contribution in [0.1, 0.15) is 178 Å². The number of aliphatic hydroxyl groups is 1. The lowest BCUT2D eigenvalue weighted by Crippen LogP contribution is -2.41. The van der Waals surface area contributed by atoms with Crippen LogP contribution < -0.4 is 0 Å². The van der Waals surface area contributed by atoms with Crippen molar-refractivity contribution < 1.29 is 9.84 Å². The second-order valence-electron chi connectivity index (χ2n) is 18.6. The number of aliphatic hydroxyl groups excluding tert-OH is 1.